The molecule has 1 aliphatic rings. The molecule has 5 heteroatoms. The summed E-state index contributed by atoms with van der Waals surface area (Å²) in [5.74, 6) is 0. The molecule has 2 rings (SSSR count). The van der Waals surface area contributed by atoms with Crippen LogP contribution in [0.25, 0.3) is 0 Å². The van der Waals surface area contributed by atoms with Crippen molar-refractivity contribution in [1.29, 1.82) is 0 Å². The van der Waals surface area contributed by atoms with Gasteiger partial charge in [-0.2, -0.15) is 0 Å². The van der Waals surface area contributed by atoms with E-state index in [1.54, 1.807) is 12.1 Å². The predicted octanol–water partition coefficient (Wildman–Crippen LogP) is 1.27. The van der Waals surface area contributed by atoms with Crippen molar-refractivity contribution >= 4 is 10.0 Å². The first-order chi connectivity index (χ1) is 8.41. The van der Waals surface area contributed by atoms with Crippen molar-refractivity contribution in [2.45, 2.75) is 25.2 Å². The molecule has 0 amide bonds. The number of rotatable bonds is 4. The summed E-state index contributed by atoms with van der Waals surface area (Å²) in [7, 11) is -3.38. The average Bonchev–Trinajstić information content (AvgIpc) is 2.75. The van der Waals surface area contributed by atoms with Crippen LogP contribution in [-0.4, -0.2) is 28.1 Å². The van der Waals surface area contributed by atoms with E-state index in [-0.39, 0.29) is 5.41 Å². The topological polar surface area (TPSA) is 58.2 Å². The zero-order chi connectivity index (χ0) is 13.2. The van der Waals surface area contributed by atoms with Gasteiger partial charge in [-0.05, 0) is 37.4 Å². The van der Waals surface area contributed by atoms with E-state index in [1.165, 1.54) is 0 Å². The highest BCUT2D eigenvalue weighted by molar-refractivity contribution is 7.89. The van der Waals surface area contributed by atoms with Crippen molar-refractivity contribution in [3.8, 4) is 0 Å². The standard InChI is InChI=1S/C13H20N2O2S/c1-11-3-5-12(6-4-11)18(16,17)15-10-13(2)7-8-14-9-13/h3-6,14-15H,7-10H2,1-2H3. The highest BCUT2D eigenvalue weighted by Crippen LogP contribution is 2.24. The van der Waals surface area contributed by atoms with Crippen LogP contribution in [0.15, 0.2) is 29.2 Å². The molecule has 1 aliphatic heterocycles. The summed E-state index contributed by atoms with van der Waals surface area (Å²) < 4.78 is 26.9. The molecule has 0 spiro atoms. The zero-order valence-electron chi connectivity index (χ0n) is 10.9. The Morgan fingerprint density at radius 1 is 1.33 bits per heavy atom. The molecule has 1 fully saturated rings. The molecule has 0 bridgehead atoms. The Hall–Kier alpha value is -0.910. The van der Waals surface area contributed by atoms with Gasteiger partial charge in [-0.15, -0.1) is 0 Å². The third-order valence-electron chi connectivity index (χ3n) is 3.48. The smallest absolute Gasteiger partial charge is 0.240 e. The van der Waals surface area contributed by atoms with E-state index in [2.05, 4.69) is 17.0 Å². The fraction of sp³-hybridized carbons (Fsp3) is 0.538. The van der Waals surface area contributed by atoms with Gasteiger partial charge in [-0.25, -0.2) is 13.1 Å². The Kier molecular flexibility index (Phi) is 3.75. The van der Waals surface area contributed by atoms with Gasteiger partial charge >= 0.3 is 0 Å². The Morgan fingerprint density at radius 3 is 2.56 bits per heavy atom. The van der Waals surface area contributed by atoms with Crippen LogP contribution in [0.3, 0.4) is 0 Å². The summed E-state index contributed by atoms with van der Waals surface area (Å²) in [6.45, 7) is 6.35. The number of nitrogens with one attached hydrogen (secondary N) is 2. The molecule has 1 heterocycles. The minimum absolute atomic E-state index is 0.0256. The van der Waals surface area contributed by atoms with Gasteiger partial charge in [0.05, 0.1) is 4.90 Å². The van der Waals surface area contributed by atoms with Crippen LogP contribution in [0.1, 0.15) is 18.9 Å². The van der Waals surface area contributed by atoms with E-state index in [1.807, 2.05) is 19.1 Å². The van der Waals surface area contributed by atoms with Crippen LogP contribution in [0.2, 0.25) is 0 Å². The van der Waals surface area contributed by atoms with Crippen LogP contribution in [0.5, 0.6) is 0 Å². The first-order valence-corrected chi connectivity index (χ1v) is 7.67. The number of hydrogen-bond donors (Lipinski definition) is 2. The molecule has 0 saturated carbocycles. The summed E-state index contributed by atoms with van der Waals surface area (Å²) in [4.78, 5) is 0.336. The molecule has 100 valence electrons. The average molecular weight is 268 g/mol. The third kappa shape index (κ3) is 3.10. The minimum Gasteiger partial charge on any atom is -0.316 e. The van der Waals surface area contributed by atoms with Crippen molar-refractivity contribution in [1.82, 2.24) is 10.0 Å². The number of sulfonamides is 1. The van der Waals surface area contributed by atoms with Gasteiger partial charge in [0.25, 0.3) is 0 Å². The molecule has 1 saturated heterocycles. The molecule has 0 aliphatic carbocycles. The lowest BCUT2D eigenvalue weighted by Gasteiger charge is -2.22. The second kappa shape index (κ2) is 4.99. The first kappa shape index (κ1) is 13.5. The van der Waals surface area contributed by atoms with Crippen molar-refractivity contribution in [2.24, 2.45) is 5.41 Å². The number of aryl methyl sites for hydroxylation is 1. The molecule has 1 aromatic rings. The first-order valence-electron chi connectivity index (χ1n) is 6.18. The maximum Gasteiger partial charge on any atom is 0.240 e. The lowest BCUT2D eigenvalue weighted by Crippen LogP contribution is -2.37. The van der Waals surface area contributed by atoms with Crippen LogP contribution in [0, 0.1) is 12.3 Å². The molecule has 2 N–H and O–H groups in total. The van der Waals surface area contributed by atoms with Crippen LogP contribution >= 0.6 is 0 Å². The van der Waals surface area contributed by atoms with Crippen LogP contribution < -0.4 is 10.0 Å². The lowest BCUT2D eigenvalue weighted by molar-refractivity contribution is 0.363. The van der Waals surface area contributed by atoms with Gasteiger partial charge in [0, 0.05) is 13.1 Å². The number of benzene rings is 1. The molecular weight excluding hydrogens is 248 g/mol. The van der Waals surface area contributed by atoms with Crippen molar-refractivity contribution < 1.29 is 8.42 Å². The summed E-state index contributed by atoms with van der Waals surface area (Å²) in [5, 5.41) is 3.26. The molecule has 0 radical (unpaired) electrons. The van der Waals surface area contributed by atoms with Gasteiger partial charge < -0.3 is 5.32 Å². The Balaban J connectivity index is 2.05. The normalized spacial score (nSPS) is 24.3. The molecule has 4 nitrogen and oxygen atoms in total. The highest BCUT2D eigenvalue weighted by Gasteiger charge is 2.30. The summed E-state index contributed by atoms with van der Waals surface area (Å²) in [5.41, 5.74) is 1.08. The largest absolute Gasteiger partial charge is 0.316 e. The zero-order valence-corrected chi connectivity index (χ0v) is 11.7. The molecule has 1 aromatic carbocycles. The molecule has 1 unspecified atom stereocenters. The van der Waals surface area contributed by atoms with Gasteiger partial charge in [0.1, 0.15) is 0 Å². The maximum absolute atomic E-state index is 12.1. The van der Waals surface area contributed by atoms with Crippen molar-refractivity contribution in [2.75, 3.05) is 19.6 Å². The molecule has 1 atom stereocenters. The SMILES string of the molecule is Cc1ccc(S(=O)(=O)NCC2(C)CCNC2)cc1. The van der Waals surface area contributed by atoms with E-state index in [9.17, 15) is 8.42 Å². The lowest BCUT2D eigenvalue weighted by atomic mass is 9.90. The summed E-state index contributed by atoms with van der Waals surface area (Å²) >= 11 is 0. The second-order valence-electron chi connectivity index (χ2n) is 5.38. The Labute approximate surface area is 109 Å². The van der Waals surface area contributed by atoms with Gasteiger partial charge in [0.2, 0.25) is 10.0 Å². The van der Waals surface area contributed by atoms with Crippen LogP contribution in [0.4, 0.5) is 0 Å². The van der Waals surface area contributed by atoms with Crippen molar-refractivity contribution in [3.63, 3.8) is 0 Å². The third-order valence-corrected chi connectivity index (χ3v) is 4.89. The quantitative estimate of drug-likeness (QED) is 0.864. The number of hydrogen-bond acceptors (Lipinski definition) is 3. The van der Waals surface area contributed by atoms with E-state index in [4.69, 9.17) is 0 Å². The Bertz CT molecular complexity index is 502. The fourth-order valence-corrected chi connectivity index (χ4v) is 3.29. The van der Waals surface area contributed by atoms with E-state index in [0.717, 1.165) is 25.1 Å². The Morgan fingerprint density at radius 2 is 2.00 bits per heavy atom. The fourth-order valence-electron chi connectivity index (χ4n) is 2.09. The molecular formula is C13H20N2O2S. The minimum atomic E-state index is -3.38. The highest BCUT2D eigenvalue weighted by atomic mass is 32.2. The second-order valence-corrected chi connectivity index (χ2v) is 7.14. The van der Waals surface area contributed by atoms with E-state index >= 15 is 0 Å². The van der Waals surface area contributed by atoms with E-state index in [0.29, 0.717) is 11.4 Å². The monoisotopic (exact) mass is 268 g/mol. The molecule has 18 heavy (non-hydrogen) atoms. The summed E-state index contributed by atoms with van der Waals surface area (Å²) in [6.07, 6.45) is 1.00. The van der Waals surface area contributed by atoms with E-state index < -0.39 is 10.0 Å². The molecule has 0 aromatic heterocycles. The maximum atomic E-state index is 12.1. The summed E-state index contributed by atoms with van der Waals surface area (Å²) in [6, 6.07) is 6.92. The predicted molar refractivity (Wildman–Crippen MR) is 72.0 cm³/mol. The van der Waals surface area contributed by atoms with Crippen LogP contribution in [-0.2, 0) is 10.0 Å². The van der Waals surface area contributed by atoms with Gasteiger partial charge in [0.15, 0.2) is 0 Å². The van der Waals surface area contributed by atoms with Crippen molar-refractivity contribution in [3.05, 3.63) is 29.8 Å². The van der Waals surface area contributed by atoms with Gasteiger partial charge in [-0.1, -0.05) is 24.6 Å². The van der Waals surface area contributed by atoms with Gasteiger partial charge in [-0.3, -0.25) is 0 Å².